The van der Waals surface area contributed by atoms with Crippen molar-refractivity contribution in [3.05, 3.63) is 36.5 Å². The molecule has 1 unspecified atom stereocenters. The summed E-state index contributed by atoms with van der Waals surface area (Å²) in [7, 11) is 6.35. The van der Waals surface area contributed by atoms with Crippen LogP contribution in [0.4, 0.5) is 5.13 Å². The molecule has 0 aliphatic carbocycles. The van der Waals surface area contributed by atoms with E-state index in [4.69, 9.17) is 20.2 Å². The molecule has 1 aromatic heterocycles. The fourth-order valence-electron chi connectivity index (χ4n) is 4.09. The number of aromatic nitrogens is 1. The third-order valence-electron chi connectivity index (χ3n) is 5.53. The largest absolute Gasteiger partial charge is 0.586 e. The van der Waals surface area contributed by atoms with Gasteiger partial charge in [0.05, 0.1) is 18.0 Å². The van der Waals surface area contributed by atoms with Crippen molar-refractivity contribution in [2.24, 2.45) is 5.92 Å². The Morgan fingerprint density at radius 3 is 2.77 bits per heavy atom. The molecule has 1 atom stereocenters. The minimum absolute atomic E-state index is 0.297. The molecule has 0 amide bonds. The van der Waals surface area contributed by atoms with Gasteiger partial charge in [-0.3, -0.25) is 0 Å². The Balaban J connectivity index is 1.34. The van der Waals surface area contributed by atoms with E-state index in [9.17, 15) is 5.11 Å². The van der Waals surface area contributed by atoms with E-state index in [1.807, 2.05) is 24.4 Å². The lowest BCUT2D eigenvalue weighted by molar-refractivity contribution is -0.846. The number of quaternary nitrogens is 1. The van der Waals surface area contributed by atoms with Crippen LogP contribution in [0.5, 0.6) is 0 Å². The first-order chi connectivity index (χ1) is 12.5. The minimum atomic E-state index is -0.797. The Hall–Kier alpha value is -1.48. The minimum Gasteiger partial charge on any atom is -0.586 e. The smallest absolute Gasteiger partial charge is 0.189 e. The van der Waals surface area contributed by atoms with Crippen LogP contribution in [0.3, 0.4) is 0 Å². The molecule has 3 radical (unpaired) electrons. The second-order valence-corrected chi connectivity index (χ2v) is 8.84. The van der Waals surface area contributed by atoms with Crippen LogP contribution >= 0.6 is 23.6 Å². The van der Waals surface area contributed by atoms with Crippen LogP contribution in [0.1, 0.15) is 12.8 Å². The Kier molecular flexibility index (Phi) is 4.77. The summed E-state index contributed by atoms with van der Waals surface area (Å²) in [5.41, 5.74) is 0.338. The molecule has 0 saturated carbocycles. The maximum Gasteiger partial charge on any atom is 0.189 e. The van der Waals surface area contributed by atoms with Crippen molar-refractivity contribution in [3.63, 3.8) is 0 Å². The van der Waals surface area contributed by atoms with Crippen LogP contribution in [-0.2, 0) is 0 Å². The van der Waals surface area contributed by atoms with Gasteiger partial charge in [0.15, 0.2) is 10.2 Å². The van der Waals surface area contributed by atoms with Gasteiger partial charge in [-0.05, 0) is 30.6 Å². The topological polar surface area (TPSA) is 57.2 Å². The van der Waals surface area contributed by atoms with Crippen molar-refractivity contribution in [2.45, 2.75) is 18.4 Å². The maximum atomic E-state index is 11.0. The van der Waals surface area contributed by atoms with Gasteiger partial charge in [0.1, 0.15) is 5.60 Å². The van der Waals surface area contributed by atoms with Gasteiger partial charge in [-0.2, -0.15) is 0 Å². The fraction of sp³-hybridized carbons (Fsp3) is 0.444. The summed E-state index contributed by atoms with van der Waals surface area (Å²) in [6.07, 6.45) is 3.79. The van der Waals surface area contributed by atoms with E-state index >= 15 is 0 Å². The van der Waals surface area contributed by atoms with Crippen molar-refractivity contribution in [3.8, 4) is 10.4 Å². The van der Waals surface area contributed by atoms with E-state index in [0.29, 0.717) is 28.5 Å². The zero-order valence-corrected chi connectivity index (χ0v) is 16.2. The maximum absolute atomic E-state index is 11.0. The van der Waals surface area contributed by atoms with Gasteiger partial charge < -0.3 is 20.1 Å². The van der Waals surface area contributed by atoms with Crippen molar-refractivity contribution < 1.29 is 9.50 Å². The summed E-state index contributed by atoms with van der Waals surface area (Å²) < 4.78 is 0.474. The number of aliphatic hydroxyl groups is 1. The standard InChI is InChI=1S/C18H21BN4OS2/c19-23-8-6-14(7-9-23)18(24,12-23)11-21-16(25)22-17-20-10-15(26-17)13-4-2-1-3-5-13/h1-5,10,14,24H,6-9,11-12H2,(H-,20,21,22,25)/q-1/p+1. The first-order valence-electron chi connectivity index (χ1n) is 8.89. The number of thiocarbonyl (C=S) groups is 1. The van der Waals surface area contributed by atoms with E-state index in [2.05, 4.69) is 27.8 Å². The molecule has 2 aromatic rings. The number of nitrogens with one attached hydrogen (secondary N) is 2. The third kappa shape index (κ3) is 3.64. The van der Waals surface area contributed by atoms with E-state index < -0.39 is 5.60 Å². The van der Waals surface area contributed by atoms with Gasteiger partial charge in [0, 0.05) is 25.2 Å². The van der Waals surface area contributed by atoms with Crippen LogP contribution < -0.4 is 10.6 Å². The number of hydrogen-bond acceptors (Lipinski definition) is 4. The van der Waals surface area contributed by atoms with Gasteiger partial charge >= 0.3 is 0 Å². The Bertz CT molecular complexity index is 791. The van der Waals surface area contributed by atoms with Gasteiger partial charge in [0.25, 0.3) is 0 Å². The van der Waals surface area contributed by atoms with E-state index in [1.165, 1.54) is 0 Å². The monoisotopic (exact) mass is 385 g/mol. The summed E-state index contributed by atoms with van der Waals surface area (Å²) in [4.78, 5) is 5.47. The number of nitrogens with zero attached hydrogens (tertiary/aromatic N) is 2. The Morgan fingerprint density at radius 2 is 2.08 bits per heavy atom. The van der Waals surface area contributed by atoms with Gasteiger partial charge in [-0.1, -0.05) is 41.7 Å². The SMILES string of the molecule is [B-][N+]12CCC(CC1)C(O)(CNC(=S)Nc1ncc(-c3ccccc3)s1)C2. The van der Waals surface area contributed by atoms with E-state index in [1.54, 1.807) is 11.3 Å². The molecule has 0 spiro atoms. The summed E-state index contributed by atoms with van der Waals surface area (Å²) in [5, 5.41) is 18.5. The second-order valence-electron chi connectivity index (χ2n) is 7.41. The average Bonchev–Trinajstić information content (AvgIpc) is 3.09. The highest BCUT2D eigenvalue weighted by Crippen LogP contribution is 2.38. The lowest BCUT2D eigenvalue weighted by Gasteiger charge is -2.64. The van der Waals surface area contributed by atoms with Gasteiger partial charge in [0.2, 0.25) is 0 Å². The zero-order valence-electron chi connectivity index (χ0n) is 14.5. The average molecular weight is 385 g/mol. The molecule has 5 rings (SSSR count). The number of hydrogen-bond donors (Lipinski definition) is 3. The number of fused-ring (bicyclic) bond motifs is 3. The lowest BCUT2D eigenvalue weighted by atomic mass is 9.72. The summed E-state index contributed by atoms with van der Waals surface area (Å²) >= 11 is 6.94. The molecule has 3 fully saturated rings. The van der Waals surface area contributed by atoms with Crippen molar-refractivity contribution in [1.29, 1.82) is 0 Å². The molecule has 2 bridgehead atoms. The molecule has 1 aromatic carbocycles. The number of piperidine rings is 3. The van der Waals surface area contributed by atoms with Crippen LogP contribution in [0.25, 0.3) is 10.4 Å². The highest BCUT2D eigenvalue weighted by Gasteiger charge is 2.48. The van der Waals surface area contributed by atoms with Crippen LogP contribution in [-0.4, -0.2) is 59.4 Å². The van der Waals surface area contributed by atoms with Gasteiger partial charge in [-0.25, -0.2) is 13.0 Å². The summed E-state index contributed by atoms with van der Waals surface area (Å²) in [5.74, 6) is 0.297. The highest BCUT2D eigenvalue weighted by atomic mass is 32.1. The molecule has 3 N–H and O–H groups in total. The second kappa shape index (κ2) is 6.92. The molecule has 135 valence electrons. The predicted octanol–water partition coefficient (Wildman–Crippen LogP) is 2.15. The lowest BCUT2D eigenvalue weighted by Crippen LogP contribution is -2.70. The molecule has 5 nitrogen and oxygen atoms in total. The van der Waals surface area contributed by atoms with E-state index in [-0.39, 0.29) is 0 Å². The molecular weight excluding hydrogens is 363 g/mol. The third-order valence-corrected chi connectivity index (χ3v) is 6.74. The normalized spacial score (nSPS) is 30.2. The number of thiazole rings is 1. The Morgan fingerprint density at radius 1 is 1.35 bits per heavy atom. The van der Waals surface area contributed by atoms with E-state index in [0.717, 1.165) is 41.5 Å². The molecular formula is C18H22BN4OS2. The zero-order chi connectivity index (χ0) is 18.2. The number of rotatable bonds is 4. The van der Waals surface area contributed by atoms with Crippen molar-refractivity contribution in [2.75, 3.05) is 31.5 Å². The highest BCUT2D eigenvalue weighted by molar-refractivity contribution is 7.80. The molecule has 3 aliphatic heterocycles. The molecule has 26 heavy (non-hydrogen) atoms. The number of anilines is 1. The van der Waals surface area contributed by atoms with Crippen molar-refractivity contribution >= 4 is 41.8 Å². The molecule has 3 saturated heterocycles. The fourth-order valence-corrected chi connectivity index (χ4v) is 5.15. The quantitative estimate of drug-likeness (QED) is 0.556. The number of benzene rings is 1. The van der Waals surface area contributed by atoms with Crippen molar-refractivity contribution in [1.82, 2.24) is 10.3 Å². The summed E-state index contributed by atoms with van der Waals surface area (Å²) in [6, 6.07) is 10.1. The summed E-state index contributed by atoms with van der Waals surface area (Å²) in [6.45, 7) is 2.91. The van der Waals surface area contributed by atoms with Crippen LogP contribution in [0.15, 0.2) is 36.5 Å². The van der Waals surface area contributed by atoms with Crippen LogP contribution in [0.2, 0.25) is 0 Å². The first kappa shape index (κ1) is 17.9. The molecule has 8 heteroatoms. The first-order valence-corrected chi connectivity index (χ1v) is 10.1. The molecule has 4 heterocycles. The predicted molar refractivity (Wildman–Crippen MR) is 110 cm³/mol. The Labute approximate surface area is 164 Å². The van der Waals surface area contributed by atoms with Crippen LogP contribution in [0, 0.1) is 5.92 Å². The van der Waals surface area contributed by atoms with Gasteiger partial charge in [-0.15, -0.1) is 0 Å². The molecule has 3 aliphatic rings.